The highest BCUT2D eigenvalue weighted by molar-refractivity contribution is 5.85. The molecule has 3 amide bonds. The Labute approximate surface area is 285 Å². The van der Waals surface area contributed by atoms with Crippen LogP contribution in [0.1, 0.15) is 59.7 Å². The van der Waals surface area contributed by atoms with Crippen molar-refractivity contribution in [2.75, 3.05) is 0 Å². The van der Waals surface area contributed by atoms with Crippen LogP contribution < -0.4 is 14.8 Å². The summed E-state index contributed by atoms with van der Waals surface area (Å²) in [7, 11) is 0. The summed E-state index contributed by atoms with van der Waals surface area (Å²) in [6, 6.07) is 22.2. The first-order valence-electron chi connectivity index (χ1n) is 15.6. The van der Waals surface area contributed by atoms with E-state index in [9.17, 15) is 41.0 Å². The summed E-state index contributed by atoms with van der Waals surface area (Å²) >= 11 is 0. The van der Waals surface area contributed by atoms with Crippen LogP contribution in [0.4, 0.5) is 31.1 Å². The zero-order valence-corrected chi connectivity index (χ0v) is 27.4. The zero-order chi connectivity index (χ0) is 36.7. The number of amides is 3. The van der Waals surface area contributed by atoms with Gasteiger partial charge in [0.05, 0.1) is 12.6 Å². The molecule has 13 heteroatoms. The molecule has 4 rings (SSSR count). The molecule has 1 unspecified atom stereocenters. The van der Waals surface area contributed by atoms with Crippen molar-refractivity contribution in [2.45, 2.75) is 70.8 Å². The second-order valence-corrected chi connectivity index (χ2v) is 11.8. The number of carbonyl (C=O) groups is 2. The molecule has 0 aliphatic rings. The third-order valence-electron chi connectivity index (χ3n) is 7.93. The second kappa shape index (κ2) is 15.7. The summed E-state index contributed by atoms with van der Waals surface area (Å²) in [5, 5.41) is 12.6. The summed E-state index contributed by atoms with van der Waals surface area (Å²) in [4.78, 5) is 25.8. The predicted molar refractivity (Wildman–Crippen MR) is 173 cm³/mol. The van der Waals surface area contributed by atoms with Gasteiger partial charge in [0.15, 0.2) is 0 Å². The maximum Gasteiger partial charge on any atom is 0.430 e. The van der Waals surface area contributed by atoms with Gasteiger partial charge in [-0.3, -0.25) is 9.69 Å². The molecule has 0 aliphatic heterocycles. The average Bonchev–Trinajstić information content (AvgIpc) is 3.06. The van der Waals surface area contributed by atoms with E-state index in [2.05, 4.69) is 5.32 Å². The van der Waals surface area contributed by atoms with E-state index in [0.29, 0.717) is 42.9 Å². The molecule has 0 aliphatic carbocycles. The lowest BCUT2D eigenvalue weighted by atomic mass is 9.90. The fourth-order valence-corrected chi connectivity index (χ4v) is 5.10. The van der Waals surface area contributed by atoms with E-state index in [0.717, 1.165) is 27.7 Å². The second-order valence-electron chi connectivity index (χ2n) is 11.8. The van der Waals surface area contributed by atoms with Gasteiger partial charge in [0.1, 0.15) is 23.9 Å². The Balaban J connectivity index is 1.42. The summed E-state index contributed by atoms with van der Waals surface area (Å²) < 4.78 is 92.5. The van der Waals surface area contributed by atoms with Gasteiger partial charge in [-0.2, -0.15) is 26.3 Å². The van der Waals surface area contributed by atoms with Crippen LogP contribution in [0.25, 0.3) is 0 Å². The molecule has 0 aromatic heterocycles. The fraction of sp³-hybridized carbons (Fsp3) is 0.297. The topological polar surface area (TPSA) is 88.1 Å². The highest BCUT2D eigenvalue weighted by Gasteiger charge is 2.71. The van der Waals surface area contributed by atoms with Crippen molar-refractivity contribution in [3.05, 3.63) is 124 Å². The largest absolute Gasteiger partial charge is 0.489 e. The third-order valence-corrected chi connectivity index (χ3v) is 7.93. The number of rotatable bonds is 13. The van der Waals surface area contributed by atoms with Gasteiger partial charge in [-0.25, -0.2) is 4.79 Å². The van der Waals surface area contributed by atoms with Crippen LogP contribution in [0, 0.1) is 6.92 Å². The van der Waals surface area contributed by atoms with Crippen molar-refractivity contribution >= 4 is 12.4 Å². The Morgan fingerprint density at radius 1 is 0.880 bits per heavy atom. The van der Waals surface area contributed by atoms with Gasteiger partial charge < -0.3 is 19.9 Å². The van der Waals surface area contributed by atoms with Crippen molar-refractivity contribution < 1.29 is 50.5 Å². The average molecular weight is 703 g/mol. The lowest BCUT2D eigenvalue weighted by molar-refractivity contribution is -0.376. The predicted octanol–water partition coefficient (Wildman–Crippen LogP) is 9.06. The standard InChI is InChI=1S/C37H36F6N2O5/c1-4-6-29-20-30(35(48,36(38,39)40)37(41,42)43)15-18-33(29)50-32-8-5-7-27(19-32)21-45(23-46)34(47)44-25(3)28-13-16-31(17-14-28)49-22-26-11-9-24(2)10-12-26/h5,7-20,23,25,48H,4,6,21-22H2,1-3H3,(H,44,47). The van der Waals surface area contributed by atoms with Crippen molar-refractivity contribution in [2.24, 2.45) is 0 Å². The molecular weight excluding hydrogens is 666 g/mol. The van der Waals surface area contributed by atoms with Gasteiger partial charge in [-0.15, -0.1) is 0 Å². The van der Waals surface area contributed by atoms with E-state index < -0.39 is 35.6 Å². The van der Waals surface area contributed by atoms with E-state index in [1.807, 2.05) is 31.2 Å². The minimum atomic E-state index is -6.03. The normalized spacial score (nSPS) is 12.6. The summed E-state index contributed by atoms with van der Waals surface area (Å²) in [6.45, 7) is 5.65. The molecule has 50 heavy (non-hydrogen) atoms. The smallest absolute Gasteiger partial charge is 0.430 e. The van der Waals surface area contributed by atoms with Crippen LogP contribution in [0.15, 0.2) is 91.0 Å². The first-order chi connectivity index (χ1) is 23.5. The Morgan fingerprint density at radius 3 is 2.14 bits per heavy atom. The first kappa shape index (κ1) is 37.8. The number of urea groups is 1. The van der Waals surface area contributed by atoms with Gasteiger partial charge in [0.2, 0.25) is 6.41 Å². The highest BCUT2D eigenvalue weighted by Crippen LogP contribution is 2.50. The monoisotopic (exact) mass is 702 g/mol. The van der Waals surface area contributed by atoms with Gasteiger partial charge >= 0.3 is 18.4 Å². The fourth-order valence-electron chi connectivity index (χ4n) is 5.10. The number of ether oxygens (including phenoxy) is 2. The molecule has 0 heterocycles. The number of alkyl halides is 6. The number of aryl methyl sites for hydroxylation is 2. The molecule has 0 saturated heterocycles. The molecule has 2 N–H and O–H groups in total. The van der Waals surface area contributed by atoms with E-state index in [4.69, 9.17) is 9.47 Å². The van der Waals surface area contributed by atoms with E-state index in [1.54, 1.807) is 50.2 Å². The first-order valence-corrected chi connectivity index (χ1v) is 15.6. The summed E-state index contributed by atoms with van der Waals surface area (Å²) in [5.74, 6) is 0.773. The molecule has 7 nitrogen and oxygen atoms in total. The number of carbonyl (C=O) groups excluding carboxylic acids is 2. The van der Waals surface area contributed by atoms with Crippen molar-refractivity contribution in [1.82, 2.24) is 10.2 Å². The number of hydrogen-bond donors (Lipinski definition) is 2. The van der Waals surface area contributed by atoms with Crippen molar-refractivity contribution in [1.29, 1.82) is 0 Å². The van der Waals surface area contributed by atoms with Crippen molar-refractivity contribution in [3.63, 3.8) is 0 Å². The minimum absolute atomic E-state index is 0.0103. The zero-order valence-electron chi connectivity index (χ0n) is 27.4. The minimum Gasteiger partial charge on any atom is -0.489 e. The van der Waals surface area contributed by atoms with Gasteiger partial charge in [0, 0.05) is 5.56 Å². The molecule has 266 valence electrons. The Morgan fingerprint density at radius 2 is 1.54 bits per heavy atom. The number of imide groups is 1. The molecule has 0 fully saturated rings. The summed E-state index contributed by atoms with van der Waals surface area (Å²) in [6.07, 6.45) is -11.3. The van der Waals surface area contributed by atoms with Gasteiger partial charge in [-0.1, -0.05) is 73.5 Å². The van der Waals surface area contributed by atoms with Crippen LogP contribution in [-0.2, 0) is 30.0 Å². The molecule has 0 saturated carbocycles. The molecule has 1 atom stereocenters. The maximum atomic E-state index is 13.5. The van der Waals surface area contributed by atoms with Crippen LogP contribution >= 0.6 is 0 Å². The van der Waals surface area contributed by atoms with E-state index >= 15 is 0 Å². The molecule has 0 spiro atoms. The lowest BCUT2D eigenvalue weighted by Crippen LogP contribution is -2.53. The molecule has 0 radical (unpaired) electrons. The Kier molecular flexibility index (Phi) is 11.8. The lowest BCUT2D eigenvalue weighted by Gasteiger charge is -2.33. The Bertz CT molecular complexity index is 1740. The van der Waals surface area contributed by atoms with E-state index in [-0.39, 0.29) is 30.0 Å². The molecular formula is C37H36F6N2O5. The summed E-state index contributed by atoms with van der Waals surface area (Å²) in [5.41, 5.74) is -3.06. The highest BCUT2D eigenvalue weighted by atomic mass is 19.4. The quantitative estimate of drug-likeness (QED) is 0.107. The van der Waals surface area contributed by atoms with E-state index in [1.165, 1.54) is 12.1 Å². The van der Waals surface area contributed by atoms with Crippen LogP contribution in [-0.4, -0.2) is 34.8 Å². The number of aliphatic hydroxyl groups is 1. The number of benzene rings is 4. The molecule has 4 aromatic rings. The van der Waals surface area contributed by atoms with Crippen LogP contribution in [0.5, 0.6) is 17.2 Å². The third kappa shape index (κ3) is 8.94. The number of nitrogens with zero attached hydrogens (tertiary/aromatic N) is 1. The Hall–Kier alpha value is -5.04. The number of halogens is 6. The SMILES string of the molecule is CCCc1cc(C(O)(C(F)(F)F)C(F)(F)F)ccc1Oc1cccc(CN(C=O)C(=O)NC(C)c2ccc(OCc3ccc(C)cc3)cc2)c1. The van der Waals surface area contributed by atoms with Gasteiger partial charge in [-0.05, 0) is 78.9 Å². The molecule has 0 bridgehead atoms. The number of nitrogens with one attached hydrogen (secondary N) is 1. The van der Waals surface area contributed by atoms with Crippen LogP contribution in [0.3, 0.4) is 0 Å². The number of hydrogen-bond acceptors (Lipinski definition) is 5. The van der Waals surface area contributed by atoms with Gasteiger partial charge in [0.25, 0.3) is 5.60 Å². The molecule has 4 aromatic carbocycles. The maximum absolute atomic E-state index is 13.5. The van der Waals surface area contributed by atoms with Crippen molar-refractivity contribution in [3.8, 4) is 17.2 Å². The van der Waals surface area contributed by atoms with Crippen LogP contribution in [0.2, 0.25) is 0 Å².